The number of ether oxygens (including phenoxy) is 2. The molecule has 0 radical (unpaired) electrons. The van der Waals surface area contributed by atoms with E-state index in [1.807, 2.05) is 0 Å². The van der Waals surface area contributed by atoms with Gasteiger partial charge in [-0.15, -0.1) is 0 Å². The van der Waals surface area contributed by atoms with Gasteiger partial charge in [0.1, 0.15) is 5.82 Å². The Hall–Kier alpha value is -3.46. The molecule has 3 aromatic carbocycles. The Kier molecular flexibility index (Phi) is 9.45. The van der Waals surface area contributed by atoms with Crippen molar-refractivity contribution in [2.45, 2.75) is 64.4 Å². The van der Waals surface area contributed by atoms with Crippen molar-refractivity contribution in [3.63, 3.8) is 0 Å². The summed E-state index contributed by atoms with van der Waals surface area (Å²) >= 11 is 0. The Bertz CT molecular complexity index is 1370. The zero-order chi connectivity index (χ0) is 29.0. The van der Waals surface area contributed by atoms with E-state index in [0.717, 1.165) is 12.1 Å². The molecule has 1 aliphatic carbocycles. The molecule has 1 N–H and O–H groups in total. The number of hydrogen-bond acceptors (Lipinski definition) is 4. The summed E-state index contributed by atoms with van der Waals surface area (Å²) in [7, 11) is 0. The summed E-state index contributed by atoms with van der Waals surface area (Å²) in [6.07, 6.45) is 1.27. The van der Waals surface area contributed by atoms with Crippen molar-refractivity contribution >= 4 is 5.97 Å². The first-order chi connectivity index (χ1) is 19.2. The minimum Gasteiger partial charge on any atom is -0.491 e. The van der Waals surface area contributed by atoms with Crippen molar-refractivity contribution in [1.29, 1.82) is 0 Å². The molecule has 1 saturated carbocycles. The third-order valence-electron chi connectivity index (χ3n) is 7.37. The average molecular weight is 563 g/mol. The molecule has 0 aromatic heterocycles. The van der Waals surface area contributed by atoms with Crippen LogP contribution in [0.2, 0.25) is 0 Å². The highest BCUT2D eigenvalue weighted by molar-refractivity contribution is 5.75. The molecular formula is C31H31F5O4. The number of halogens is 5. The van der Waals surface area contributed by atoms with Crippen LogP contribution in [-0.4, -0.2) is 17.7 Å². The van der Waals surface area contributed by atoms with Gasteiger partial charge in [-0.2, -0.15) is 8.78 Å². The van der Waals surface area contributed by atoms with Gasteiger partial charge >= 0.3 is 5.97 Å². The Morgan fingerprint density at radius 2 is 1.55 bits per heavy atom. The first kappa shape index (κ1) is 29.5. The standard InChI is InChI=1S/C31H31F5O4/c1-3-5-24(37)22-13-15-26(30(36)28(22)34)40-31(38)18-8-6-17(7-9-18)20-11-10-19(16-23(20)32)21-12-14-25(39-4-2)29(35)27(21)33/h10-18,24,37H,3-9H2,1-2H3. The minimum absolute atomic E-state index is 0.0885. The summed E-state index contributed by atoms with van der Waals surface area (Å²) in [6.45, 7) is 3.63. The van der Waals surface area contributed by atoms with E-state index in [0.29, 0.717) is 37.7 Å². The van der Waals surface area contributed by atoms with Gasteiger partial charge in [-0.1, -0.05) is 25.5 Å². The summed E-state index contributed by atoms with van der Waals surface area (Å²) < 4.78 is 83.1. The predicted octanol–water partition coefficient (Wildman–Crippen LogP) is 8.16. The van der Waals surface area contributed by atoms with Gasteiger partial charge in [0.15, 0.2) is 23.1 Å². The largest absolute Gasteiger partial charge is 0.491 e. The molecule has 0 aliphatic heterocycles. The fourth-order valence-corrected chi connectivity index (χ4v) is 5.19. The van der Waals surface area contributed by atoms with Gasteiger partial charge in [0.05, 0.1) is 18.6 Å². The fourth-order valence-electron chi connectivity index (χ4n) is 5.19. The van der Waals surface area contributed by atoms with Crippen molar-refractivity contribution in [3.8, 4) is 22.6 Å². The maximum atomic E-state index is 15.1. The second-order valence-electron chi connectivity index (χ2n) is 9.96. The number of hydrogen-bond donors (Lipinski definition) is 1. The van der Waals surface area contributed by atoms with Gasteiger partial charge in [0.2, 0.25) is 11.6 Å². The van der Waals surface area contributed by atoms with Gasteiger partial charge in [-0.25, -0.2) is 13.2 Å². The molecule has 0 amide bonds. The van der Waals surface area contributed by atoms with Crippen LogP contribution in [0.4, 0.5) is 22.0 Å². The second kappa shape index (κ2) is 12.8. The highest BCUT2D eigenvalue weighted by atomic mass is 19.2. The van der Waals surface area contributed by atoms with Gasteiger partial charge < -0.3 is 14.6 Å². The van der Waals surface area contributed by atoms with Gasteiger partial charge in [0.25, 0.3) is 0 Å². The molecule has 40 heavy (non-hydrogen) atoms. The number of carbonyl (C=O) groups excluding carboxylic acids is 1. The van der Waals surface area contributed by atoms with E-state index in [1.165, 1.54) is 30.3 Å². The number of aliphatic hydroxyl groups is 1. The molecule has 9 heteroatoms. The number of rotatable bonds is 9. The molecule has 1 fully saturated rings. The van der Waals surface area contributed by atoms with Crippen molar-refractivity contribution in [2.24, 2.45) is 5.92 Å². The number of benzene rings is 3. The third-order valence-corrected chi connectivity index (χ3v) is 7.37. The van der Waals surface area contributed by atoms with Gasteiger partial charge in [-0.3, -0.25) is 4.79 Å². The molecule has 4 rings (SSSR count). The van der Waals surface area contributed by atoms with Crippen LogP contribution in [0.25, 0.3) is 11.1 Å². The van der Waals surface area contributed by atoms with E-state index >= 15 is 4.39 Å². The Morgan fingerprint density at radius 3 is 2.20 bits per heavy atom. The lowest BCUT2D eigenvalue weighted by Gasteiger charge is -2.28. The fraction of sp³-hybridized carbons (Fsp3) is 0.387. The Morgan fingerprint density at radius 1 is 0.875 bits per heavy atom. The first-order valence-corrected chi connectivity index (χ1v) is 13.4. The molecule has 1 atom stereocenters. The van der Waals surface area contributed by atoms with E-state index in [9.17, 15) is 27.5 Å². The minimum atomic E-state index is -1.33. The molecule has 0 spiro atoms. The molecule has 4 nitrogen and oxygen atoms in total. The lowest BCUT2D eigenvalue weighted by Crippen LogP contribution is -2.26. The number of aliphatic hydroxyl groups excluding tert-OH is 1. The van der Waals surface area contributed by atoms with Crippen LogP contribution in [0.1, 0.15) is 75.5 Å². The van der Waals surface area contributed by atoms with Crippen LogP contribution in [-0.2, 0) is 4.79 Å². The quantitative estimate of drug-likeness (QED) is 0.162. The lowest BCUT2D eigenvalue weighted by molar-refractivity contribution is -0.140. The monoisotopic (exact) mass is 562 g/mol. The summed E-state index contributed by atoms with van der Waals surface area (Å²) in [5.41, 5.74) is 0.301. The lowest BCUT2D eigenvalue weighted by atomic mass is 9.78. The van der Waals surface area contributed by atoms with Crippen molar-refractivity contribution in [1.82, 2.24) is 0 Å². The zero-order valence-corrected chi connectivity index (χ0v) is 22.3. The molecule has 1 aliphatic rings. The van der Waals surface area contributed by atoms with Gasteiger partial charge in [-0.05, 0) is 86.4 Å². The molecule has 1 unspecified atom stereocenters. The first-order valence-electron chi connectivity index (χ1n) is 13.4. The van der Waals surface area contributed by atoms with E-state index < -0.39 is 52.8 Å². The van der Waals surface area contributed by atoms with E-state index in [2.05, 4.69) is 0 Å². The summed E-state index contributed by atoms with van der Waals surface area (Å²) in [5.74, 6) is -7.67. The van der Waals surface area contributed by atoms with Gasteiger partial charge in [0, 0.05) is 11.1 Å². The molecule has 3 aromatic rings. The topological polar surface area (TPSA) is 55.8 Å². The summed E-state index contributed by atoms with van der Waals surface area (Å²) in [6, 6.07) is 9.19. The normalized spacial score (nSPS) is 17.9. The maximum absolute atomic E-state index is 15.1. The molecular weight excluding hydrogens is 531 g/mol. The predicted molar refractivity (Wildman–Crippen MR) is 139 cm³/mol. The highest BCUT2D eigenvalue weighted by Crippen LogP contribution is 2.39. The molecule has 214 valence electrons. The van der Waals surface area contributed by atoms with Crippen LogP contribution >= 0.6 is 0 Å². The molecule has 0 bridgehead atoms. The Balaban J connectivity index is 1.40. The van der Waals surface area contributed by atoms with Crippen LogP contribution in [0, 0.1) is 35.0 Å². The number of carbonyl (C=O) groups is 1. The zero-order valence-electron chi connectivity index (χ0n) is 22.3. The smallest absolute Gasteiger partial charge is 0.314 e. The molecule has 0 heterocycles. The summed E-state index contributed by atoms with van der Waals surface area (Å²) in [4.78, 5) is 12.7. The average Bonchev–Trinajstić information content (AvgIpc) is 2.94. The second-order valence-corrected chi connectivity index (χ2v) is 9.96. The number of esters is 1. The summed E-state index contributed by atoms with van der Waals surface area (Å²) in [5, 5.41) is 9.99. The van der Waals surface area contributed by atoms with E-state index in [4.69, 9.17) is 9.47 Å². The van der Waals surface area contributed by atoms with Crippen LogP contribution in [0.5, 0.6) is 11.5 Å². The van der Waals surface area contributed by atoms with E-state index in [1.54, 1.807) is 13.8 Å². The van der Waals surface area contributed by atoms with Crippen LogP contribution in [0.3, 0.4) is 0 Å². The maximum Gasteiger partial charge on any atom is 0.314 e. The Labute approximate surface area is 229 Å². The SMILES string of the molecule is CCCC(O)c1ccc(OC(=O)C2CCC(c3ccc(-c4ccc(OCC)c(F)c4F)cc3F)CC2)c(F)c1F. The van der Waals surface area contributed by atoms with Crippen LogP contribution in [0.15, 0.2) is 42.5 Å². The highest BCUT2D eigenvalue weighted by Gasteiger charge is 2.31. The third kappa shape index (κ3) is 6.14. The van der Waals surface area contributed by atoms with Crippen molar-refractivity contribution in [2.75, 3.05) is 6.61 Å². The van der Waals surface area contributed by atoms with Crippen molar-refractivity contribution in [3.05, 3.63) is 82.7 Å². The van der Waals surface area contributed by atoms with E-state index in [-0.39, 0.29) is 41.4 Å². The van der Waals surface area contributed by atoms with Crippen LogP contribution < -0.4 is 9.47 Å². The van der Waals surface area contributed by atoms with Crippen molar-refractivity contribution < 1.29 is 41.3 Å². The molecule has 0 saturated heterocycles.